The fourth-order valence-electron chi connectivity index (χ4n) is 3.94. The number of ether oxygens (including phenoxy) is 2. The summed E-state index contributed by atoms with van der Waals surface area (Å²) in [5.74, 6) is -0.589. The van der Waals surface area contributed by atoms with Crippen molar-refractivity contribution in [1.82, 2.24) is 4.57 Å². The molecule has 182 valence electrons. The van der Waals surface area contributed by atoms with Crippen LogP contribution in [0.25, 0.3) is 10.9 Å². The number of carbonyl (C=O) groups is 1. The maximum absolute atomic E-state index is 14.6. The first-order chi connectivity index (χ1) is 16.2. The van der Waals surface area contributed by atoms with Crippen molar-refractivity contribution >= 4 is 28.7 Å². The van der Waals surface area contributed by atoms with Gasteiger partial charge >= 0.3 is 6.16 Å². The van der Waals surface area contributed by atoms with E-state index in [1.54, 1.807) is 28.8 Å². The molecule has 1 aromatic heterocycles. The topological polar surface area (TPSA) is 98.0 Å². The molecule has 0 saturated heterocycles. The molecular formula is C25H27ClFNO6. The van der Waals surface area contributed by atoms with E-state index in [1.165, 1.54) is 12.3 Å². The first kappa shape index (κ1) is 25.5. The Morgan fingerprint density at radius 1 is 1.24 bits per heavy atom. The molecule has 0 bridgehead atoms. The number of pyridine rings is 1. The summed E-state index contributed by atoms with van der Waals surface area (Å²) in [5.41, 5.74) is 0.652. The van der Waals surface area contributed by atoms with Gasteiger partial charge in [-0.05, 0) is 49.6 Å². The SMILES string of the molecule is CCC[C@@H](CO)n1cc(OC(=O)O)c(=O)c2cc(Cc3cccc(Cl)c3F)cc(OC(C)C)c21. The predicted molar refractivity (Wildman–Crippen MR) is 128 cm³/mol. The Labute approximate surface area is 201 Å². The van der Waals surface area contributed by atoms with Gasteiger partial charge in [-0.15, -0.1) is 0 Å². The summed E-state index contributed by atoms with van der Waals surface area (Å²) < 4.78 is 27.0. The van der Waals surface area contributed by atoms with E-state index < -0.39 is 29.2 Å². The summed E-state index contributed by atoms with van der Waals surface area (Å²) in [4.78, 5) is 24.5. The lowest BCUT2D eigenvalue weighted by atomic mass is 10.0. The standard InChI is InChI=1S/C25H27ClFNO6/c1-4-6-17(13-29)28-12-21(34-25(31)32)24(30)18-10-15(11-20(23(18)28)33-14(2)3)9-16-7-5-8-19(26)22(16)27/h5,7-8,10-12,14,17,29H,4,6,9,13H2,1-3H3,(H,31,32)/t17-/m0/s1. The van der Waals surface area contributed by atoms with Crippen molar-refractivity contribution in [2.24, 2.45) is 0 Å². The number of fused-ring (bicyclic) bond motifs is 1. The van der Waals surface area contributed by atoms with Crippen LogP contribution in [-0.2, 0) is 6.42 Å². The van der Waals surface area contributed by atoms with Gasteiger partial charge in [0.2, 0.25) is 5.43 Å². The molecular weight excluding hydrogens is 465 g/mol. The fraction of sp³-hybridized carbons (Fsp3) is 0.360. The van der Waals surface area contributed by atoms with Crippen molar-refractivity contribution in [1.29, 1.82) is 0 Å². The summed E-state index contributed by atoms with van der Waals surface area (Å²) in [5, 5.41) is 19.3. The van der Waals surface area contributed by atoms with E-state index in [9.17, 15) is 19.1 Å². The number of nitrogens with zero attached hydrogens (tertiary/aromatic N) is 1. The van der Waals surface area contributed by atoms with Crippen LogP contribution in [0.3, 0.4) is 0 Å². The van der Waals surface area contributed by atoms with Gasteiger partial charge < -0.3 is 24.3 Å². The highest BCUT2D eigenvalue weighted by Gasteiger charge is 2.22. The summed E-state index contributed by atoms with van der Waals surface area (Å²) in [7, 11) is 0. The molecule has 7 nitrogen and oxygen atoms in total. The number of aliphatic hydroxyl groups excluding tert-OH is 1. The third-order valence-corrected chi connectivity index (χ3v) is 5.62. The van der Waals surface area contributed by atoms with Crippen LogP contribution in [0.1, 0.15) is 50.8 Å². The highest BCUT2D eigenvalue weighted by molar-refractivity contribution is 6.30. The maximum atomic E-state index is 14.6. The number of carboxylic acid groups (broad SMARTS) is 1. The molecule has 0 aliphatic heterocycles. The van der Waals surface area contributed by atoms with Crippen molar-refractivity contribution in [2.75, 3.05) is 6.61 Å². The summed E-state index contributed by atoms with van der Waals surface area (Å²) in [6.07, 6.45) is 0.837. The second-order valence-corrected chi connectivity index (χ2v) is 8.68. The van der Waals surface area contributed by atoms with Gasteiger partial charge in [0.05, 0.1) is 40.9 Å². The predicted octanol–water partition coefficient (Wildman–Crippen LogP) is 5.56. The molecule has 0 amide bonds. The van der Waals surface area contributed by atoms with Gasteiger partial charge in [0.25, 0.3) is 0 Å². The van der Waals surface area contributed by atoms with E-state index in [0.29, 0.717) is 28.8 Å². The zero-order chi connectivity index (χ0) is 25.0. The number of aromatic nitrogens is 1. The largest absolute Gasteiger partial charge is 0.511 e. The molecule has 1 atom stereocenters. The van der Waals surface area contributed by atoms with Crippen molar-refractivity contribution in [3.8, 4) is 11.5 Å². The Hall–Kier alpha value is -3.10. The number of hydrogen-bond acceptors (Lipinski definition) is 5. The van der Waals surface area contributed by atoms with Gasteiger partial charge in [0.15, 0.2) is 5.75 Å². The summed E-state index contributed by atoms with van der Waals surface area (Å²) in [6, 6.07) is 7.52. The van der Waals surface area contributed by atoms with Crippen LogP contribution in [0, 0.1) is 5.82 Å². The van der Waals surface area contributed by atoms with Crippen molar-refractivity contribution in [3.05, 3.63) is 68.7 Å². The molecule has 2 N–H and O–H groups in total. The fourth-order valence-corrected chi connectivity index (χ4v) is 4.14. The van der Waals surface area contributed by atoms with E-state index >= 15 is 0 Å². The Bertz CT molecular complexity index is 1260. The van der Waals surface area contributed by atoms with E-state index in [-0.39, 0.29) is 29.5 Å². The third-order valence-electron chi connectivity index (χ3n) is 5.33. The Morgan fingerprint density at radius 3 is 2.59 bits per heavy atom. The van der Waals surface area contributed by atoms with Crippen LogP contribution in [0.15, 0.2) is 41.3 Å². The Balaban J connectivity index is 2.33. The van der Waals surface area contributed by atoms with Crippen LogP contribution in [0.2, 0.25) is 5.02 Å². The second-order valence-electron chi connectivity index (χ2n) is 8.27. The van der Waals surface area contributed by atoms with E-state index in [1.807, 2.05) is 20.8 Å². The zero-order valence-corrected chi connectivity index (χ0v) is 19.9. The van der Waals surface area contributed by atoms with Crippen LogP contribution in [-0.4, -0.2) is 33.6 Å². The number of hydrogen-bond donors (Lipinski definition) is 2. The van der Waals surface area contributed by atoms with Gasteiger partial charge in [0.1, 0.15) is 11.6 Å². The number of benzene rings is 2. The molecule has 0 aliphatic carbocycles. The first-order valence-corrected chi connectivity index (χ1v) is 11.4. The van der Waals surface area contributed by atoms with Gasteiger partial charge in [-0.3, -0.25) is 4.79 Å². The van der Waals surface area contributed by atoms with Crippen LogP contribution < -0.4 is 14.9 Å². The molecule has 0 unspecified atom stereocenters. The number of halogens is 2. The minimum atomic E-state index is -1.63. The monoisotopic (exact) mass is 491 g/mol. The lowest BCUT2D eigenvalue weighted by molar-refractivity contribution is 0.143. The maximum Gasteiger partial charge on any atom is 0.511 e. The zero-order valence-electron chi connectivity index (χ0n) is 19.2. The lowest BCUT2D eigenvalue weighted by Crippen LogP contribution is -2.22. The first-order valence-electron chi connectivity index (χ1n) is 11.0. The number of aliphatic hydroxyl groups is 1. The van der Waals surface area contributed by atoms with Gasteiger partial charge in [-0.1, -0.05) is 37.1 Å². The quantitative estimate of drug-likeness (QED) is 0.380. The molecule has 3 aromatic rings. The van der Waals surface area contributed by atoms with Crippen LogP contribution >= 0.6 is 11.6 Å². The third kappa shape index (κ3) is 5.51. The Kier molecular flexibility index (Phi) is 8.17. The van der Waals surface area contributed by atoms with Gasteiger partial charge in [-0.2, -0.15) is 0 Å². The van der Waals surface area contributed by atoms with Gasteiger partial charge in [-0.25, -0.2) is 9.18 Å². The highest BCUT2D eigenvalue weighted by atomic mass is 35.5. The van der Waals surface area contributed by atoms with Crippen molar-refractivity contribution in [3.63, 3.8) is 0 Å². The molecule has 9 heteroatoms. The molecule has 0 aliphatic rings. The summed E-state index contributed by atoms with van der Waals surface area (Å²) >= 11 is 5.92. The number of rotatable bonds is 9. The molecule has 0 spiro atoms. The average molecular weight is 492 g/mol. The van der Waals surface area contributed by atoms with E-state index in [2.05, 4.69) is 0 Å². The highest BCUT2D eigenvalue weighted by Crippen LogP contribution is 2.33. The van der Waals surface area contributed by atoms with Crippen LogP contribution in [0.4, 0.5) is 9.18 Å². The molecule has 0 saturated carbocycles. The summed E-state index contributed by atoms with van der Waals surface area (Å²) in [6.45, 7) is 5.37. The minimum absolute atomic E-state index is 0.0122. The van der Waals surface area contributed by atoms with Crippen molar-refractivity contribution in [2.45, 2.75) is 52.2 Å². The van der Waals surface area contributed by atoms with E-state index in [4.69, 9.17) is 26.2 Å². The molecule has 1 heterocycles. The van der Waals surface area contributed by atoms with E-state index in [0.717, 1.165) is 6.42 Å². The lowest BCUT2D eigenvalue weighted by Gasteiger charge is -2.24. The smallest absolute Gasteiger partial charge is 0.489 e. The van der Waals surface area contributed by atoms with Crippen molar-refractivity contribution < 1.29 is 28.9 Å². The Morgan fingerprint density at radius 2 is 1.97 bits per heavy atom. The molecule has 3 rings (SSSR count). The normalized spacial score (nSPS) is 12.2. The minimum Gasteiger partial charge on any atom is -0.489 e. The molecule has 2 aromatic carbocycles. The van der Waals surface area contributed by atoms with Gasteiger partial charge in [0, 0.05) is 6.42 Å². The molecule has 34 heavy (non-hydrogen) atoms. The van der Waals surface area contributed by atoms with Crippen LogP contribution in [0.5, 0.6) is 11.5 Å². The molecule has 0 fully saturated rings. The average Bonchev–Trinajstić information content (AvgIpc) is 2.77. The molecule has 0 radical (unpaired) electrons. The second kappa shape index (κ2) is 10.9.